The normalized spacial score (nSPS) is 10.8. The summed E-state index contributed by atoms with van der Waals surface area (Å²) in [5.41, 5.74) is 8.77. The monoisotopic (exact) mass is 267 g/mol. The molecule has 1 heterocycles. The van der Waals surface area contributed by atoms with Crippen LogP contribution in [-0.4, -0.2) is 9.78 Å². The van der Waals surface area contributed by atoms with E-state index in [-0.39, 0.29) is 0 Å². The Bertz CT molecular complexity index is 537. The Morgan fingerprint density at radius 1 is 1.41 bits per heavy atom. The third kappa shape index (κ3) is 2.96. The van der Waals surface area contributed by atoms with Crippen molar-refractivity contribution in [3.63, 3.8) is 0 Å². The quantitative estimate of drug-likeness (QED) is 0.686. The lowest BCUT2D eigenvalue weighted by atomic mass is 10.2. The van der Waals surface area contributed by atoms with E-state index in [9.17, 15) is 0 Å². The standard InChI is InChI=1S/C12H14ClN3S/c1-8-5-12(16(2)15-8)17-7-9-3-4-10(13)6-11(9)14/h3-6H,7,14H2,1-2H3. The fraction of sp³-hybridized carbons (Fsp3) is 0.250. The van der Waals surface area contributed by atoms with Gasteiger partial charge in [-0.2, -0.15) is 5.10 Å². The number of aryl methyl sites for hydroxylation is 2. The number of halogens is 1. The van der Waals surface area contributed by atoms with Crippen LogP contribution in [0.1, 0.15) is 11.3 Å². The predicted molar refractivity (Wildman–Crippen MR) is 73.4 cm³/mol. The zero-order valence-corrected chi connectivity index (χ0v) is 11.3. The number of rotatable bonds is 3. The fourth-order valence-corrected chi connectivity index (χ4v) is 2.80. The maximum atomic E-state index is 5.91. The maximum absolute atomic E-state index is 5.91. The first-order chi connectivity index (χ1) is 8.06. The van der Waals surface area contributed by atoms with Crippen LogP contribution < -0.4 is 5.73 Å². The molecule has 3 nitrogen and oxygen atoms in total. The summed E-state index contributed by atoms with van der Waals surface area (Å²) in [5, 5.41) is 6.11. The van der Waals surface area contributed by atoms with E-state index in [4.69, 9.17) is 17.3 Å². The van der Waals surface area contributed by atoms with Crippen LogP contribution in [0.25, 0.3) is 0 Å². The molecule has 1 aromatic carbocycles. The Kier molecular flexibility index (Phi) is 3.64. The Morgan fingerprint density at radius 2 is 2.18 bits per heavy atom. The van der Waals surface area contributed by atoms with Gasteiger partial charge in [-0.1, -0.05) is 17.7 Å². The number of hydrogen-bond donors (Lipinski definition) is 1. The van der Waals surface area contributed by atoms with Gasteiger partial charge < -0.3 is 5.73 Å². The van der Waals surface area contributed by atoms with Crippen molar-refractivity contribution in [1.82, 2.24) is 9.78 Å². The molecule has 2 aromatic rings. The SMILES string of the molecule is Cc1cc(SCc2ccc(Cl)cc2N)n(C)n1. The average molecular weight is 268 g/mol. The Morgan fingerprint density at radius 3 is 2.76 bits per heavy atom. The van der Waals surface area contributed by atoms with Gasteiger partial charge in [0.05, 0.1) is 10.7 Å². The van der Waals surface area contributed by atoms with Crippen LogP contribution in [0.4, 0.5) is 5.69 Å². The zero-order chi connectivity index (χ0) is 12.4. The molecule has 0 spiro atoms. The van der Waals surface area contributed by atoms with Crippen molar-refractivity contribution in [3.05, 3.63) is 40.5 Å². The van der Waals surface area contributed by atoms with E-state index in [2.05, 4.69) is 11.2 Å². The van der Waals surface area contributed by atoms with E-state index < -0.39 is 0 Å². The maximum Gasteiger partial charge on any atom is 0.0942 e. The van der Waals surface area contributed by atoms with E-state index in [1.807, 2.05) is 30.8 Å². The highest BCUT2D eigenvalue weighted by Gasteiger charge is 2.05. The largest absolute Gasteiger partial charge is 0.398 e. The fourth-order valence-electron chi connectivity index (χ4n) is 1.57. The van der Waals surface area contributed by atoms with E-state index >= 15 is 0 Å². The molecular weight excluding hydrogens is 254 g/mol. The van der Waals surface area contributed by atoms with Crippen LogP contribution in [0.3, 0.4) is 0 Å². The summed E-state index contributed by atoms with van der Waals surface area (Å²) in [6.45, 7) is 1.99. The average Bonchev–Trinajstić information content (AvgIpc) is 2.56. The molecule has 2 N–H and O–H groups in total. The van der Waals surface area contributed by atoms with Crippen molar-refractivity contribution < 1.29 is 0 Å². The number of nitrogen functional groups attached to an aromatic ring is 1. The summed E-state index contributed by atoms with van der Waals surface area (Å²) in [6, 6.07) is 7.68. The highest BCUT2D eigenvalue weighted by molar-refractivity contribution is 7.98. The number of thioether (sulfide) groups is 1. The molecule has 0 aliphatic rings. The molecule has 0 aliphatic carbocycles. The molecule has 0 atom stereocenters. The molecule has 0 saturated heterocycles. The molecule has 2 rings (SSSR count). The van der Waals surface area contributed by atoms with Crippen LogP contribution >= 0.6 is 23.4 Å². The van der Waals surface area contributed by atoms with Gasteiger partial charge in [0.2, 0.25) is 0 Å². The van der Waals surface area contributed by atoms with Crippen molar-refractivity contribution in [1.29, 1.82) is 0 Å². The molecule has 0 saturated carbocycles. The molecule has 0 fully saturated rings. The summed E-state index contributed by atoms with van der Waals surface area (Å²) < 4.78 is 1.88. The van der Waals surface area contributed by atoms with E-state index in [0.717, 1.165) is 27.7 Å². The van der Waals surface area contributed by atoms with Gasteiger partial charge in [0, 0.05) is 23.5 Å². The molecule has 0 unspecified atom stereocenters. The van der Waals surface area contributed by atoms with Gasteiger partial charge >= 0.3 is 0 Å². The van der Waals surface area contributed by atoms with Gasteiger partial charge in [-0.15, -0.1) is 11.8 Å². The molecule has 1 aromatic heterocycles. The molecule has 0 amide bonds. The highest BCUT2D eigenvalue weighted by atomic mass is 35.5. The zero-order valence-electron chi connectivity index (χ0n) is 9.77. The first-order valence-corrected chi connectivity index (χ1v) is 6.60. The Hall–Kier alpha value is -1.13. The smallest absolute Gasteiger partial charge is 0.0942 e. The number of anilines is 1. The first kappa shape index (κ1) is 12.3. The topological polar surface area (TPSA) is 43.8 Å². The molecule has 0 radical (unpaired) electrons. The number of aromatic nitrogens is 2. The minimum Gasteiger partial charge on any atom is -0.398 e. The van der Waals surface area contributed by atoms with Gasteiger partial charge in [0.25, 0.3) is 0 Å². The van der Waals surface area contributed by atoms with Gasteiger partial charge in [-0.3, -0.25) is 4.68 Å². The molecule has 5 heteroatoms. The van der Waals surface area contributed by atoms with Gasteiger partial charge in [0.1, 0.15) is 0 Å². The number of nitrogens with two attached hydrogens (primary N) is 1. The van der Waals surface area contributed by atoms with Crippen LogP contribution in [-0.2, 0) is 12.8 Å². The van der Waals surface area contributed by atoms with Crippen LogP contribution in [0.2, 0.25) is 5.02 Å². The third-order valence-corrected chi connectivity index (χ3v) is 3.81. The Balaban J connectivity index is 2.10. The molecular formula is C12H14ClN3S. The van der Waals surface area contributed by atoms with E-state index in [1.54, 1.807) is 17.8 Å². The molecule has 17 heavy (non-hydrogen) atoms. The summed E-state index contributed by atoms with van der Waals surface area (Å²) >= 11 is 7.58. The van der Waals surface area contributed by atoms with Crippen molar-refractivity contribution in [2.75, 3.05) is 5.73 Å². The van der Waals surface area contributed by atoms with E-state index in [1.165, 1.54) is 0 Å². The lowest BCUT2D eigenvalue weighted by molar-refractivity contribution is 0.692. The summed E-state index contributed by atoms with van der Waals surface area (Å²) in [6.07, 6.45) is 0. The minimum absolute atomic E-state index is 0.674. The van der Waals surface area contributed by atoms with Crippen molar-refractivity contribution in [2.45, 2.75) is 17.7 Å². The molecule has 0 aliphatic heterocycles. The van der Waals surface area contributed by atoms with Gasteiger partial charge in [-0.05, 0) is 30.7 Å². The molecule has 0 bridgehead atoms. The molecule has 90 valence electrons. The van der Waals surface area contributed by atoms with Crippen LogP contribution in [0.5, 0.6) is 0 Å². The summed E-state index contributed by atoms with van der Waals surface area (Å²) in [4.78, 5) is 0. The van der Waals surface area contributed by atoms with Crippen molar-refractivity contribution >= 4 is 29.1 Å². The number of nitrogens with zero attached hydrogens (tertiary/aromatic N) is 2. The highest BCUT2D eigenvalue weighted by Crippen LogP contribution is 2.27. The lowest BCUT2D eigenvalue weighted by Gasteiger charge is -2.05. The number of hydrogen-bond acceptors (Lipinski definition) is 3. The second kappa shape index (κ2) is 5.02. The minimum atomic E-state index is 0.674. The summed E-state index contributed by atoms with van der Waals surface area (Å²) in [7, 11) is 1.94. The van der Waals surface area contributed by atoms with E-state index in [0.29, 0.717) is 5.02 Å². The summed E-state index contributed by atoms with van der Waals surface area (Å²) in [5.74, 6) is 0.821. The van der Waals surface area contributed by atoms with Gasteiger partial charge in [-0.25, -0.2) is 0 Å². The number of benzene rings is 1. The second-order valence-electron chi connectivity index (χ2n) is 3.88. The van der Waals surface area contributed by atoms with Gasteiger partial charge in [0.15, 0.2) is 0 Å². The first-order valence-electron chi connectivity index (χ1n) is 5.23. The van der Waals surface area contributed by atoms with Crippen LogP contribution in [0, 0.1) is 6.92 Å². The predicted octanol–water partition coefficient (Wildman–Crippen LogP) is 3.26. The lowest BCUT2D eigenvalue weighted by Crippen LogP contribution is -1.95. The van der Waals surface area contributed by atoms with Crippen molar-refractivity contribution in [2.24, 2.45) is 7.05 Å². The third-order valence-electron chi connectivity index (χ3n) is 2.44. The second-order valence-corrected chi connectivity index (χ2v) is 5.31. The van der Waals surface area contributed by atoms with Crippen molar-refractivity contribution in [3.8, 4) is 0 Å². The van der Waals surface area contributed by atoms with Crippen LogP contribution in [0.15, 0.2) is 29.3 Å². The Labute approximate surface area is 110 Å².